The van der Waals surface area contributed by atoms with Crippen LogP contribution < -0.4 is 0 Å². The summed E-state index contributed by atoms with van der Waals surface area (Å²) in [7, 11) is 3.96. The summed E-state index contributed by atoms with van der Waals surface area (Å²) < 4.78 is 0.953. The number of aliphatic hydroxyl groups is 1. The molecule has 0 aliphatic carbocycles. The van der Waals surface area contributed by atoms with Gasteiger partial charge in [-0.15, -0.1) is 11.3 Å². The number of likely N-dealkylation sites (tertiary alicyclic amines) is 1. The predicted molar refractivity (Wildman–Crippen MR) is 76.0 cm³/mol. The second-order valence-electron chi connectivity index (χ2n) is 4.87. The maximum atomic E-state index is 12.4. The number of aliphatic hydroxyl groups excluding tert-OH is 1. The minimum Gasteiger partial charge on any atom is -0.391 e. The summed E-state index contributed by atoms with van der Waals surface area (Å²) in [5, 5.41) is 9.77. The number of nitrogens with zero attached hydrogens (tertiary/aromatic N) is 2. The molecule has 6 heteroatoms. The van der Waals surface area contributed by atoms with Crippen LogP contribution in [-0.4, -0.2) is 60.1 Å². The number of carbonyl (C=O) groups is 1. The van der Waals surface area contributed by atoms with E-state index in [4.69, 9.17) is 0 Å². The van der Waals surface area contributed by atoms with Crippen molar-refractivity contribution in [1.82, 2.24) is 9.80 Å². The lowest BCUT2D eigenvalue weighted by molar-refractivity contribution is 0.0704. The van der Waals surface area contributed by atoms with E-state index >= 15 is 0 Å². The molecule has 1 aromatic heterocycles. The van der Waals surface area contributed by atoms with E-state index in [9.17, 15) is 9.90 Å². The van der Waals surface area contributed by atoms with Gasteiger partial charge in [-0.2, -0.15) is 0 Å². The van der Waals surface area contributed by atoms with E-state index in [0.717, 1.165) is 15.2 Å². The van der Waals surface area contributed by atoms with Crippen molar-refractivity contribution >= 4 is 33.2 Å². The first-order valence-electron chi connectivity index (χ1n) is 5.86. The van der Waals surface area contributed by atoms with Crippen LogP contribution in [0.4, 0.5) is 0 Å². The normalized spacial score (nSPS) is 23.9. The van der Waals surface area contributed by atoms with Crippen LogP contribution >= 0.6 is 27.3 Å². The molecule has 1 aliphatic rings. The smallest absolute Gasteiger partial charge is 0.264 e. The summed E-state index contributed by atoms with van der Waals surface area (Å²) in [4.78, 5) is 16.9. The zero-order valence-electron chi connectivity index (χ0n) is 10.5. The third kappa shape index (κ3) is 3.12. The highest BCUT2D eigenvalue weighted by Gasteiger charge is 2.35. The molecule has 1 saturated heterocycles. The topological polar surface area (TPSA) is 43.8 Å². The van der Waals surface area contributed by atoms with Gasteiger partial charge in [-0.3, -0.25) is 4.79 Å². The Kier molecular flexibility index (Phi) is 4.42. The second kappa shape index (κ2) is 5.69. The van der Waals surface area contributed by atoms with Gasteiger partial charge in [0.1, 0.15) is 0 Å². The number of carbonyl (C=O) groups excluding carboxylic acids is 1. The van der Waals surface area contributed by atoms with Gasteiger partial charge in [0.25, 0.3) is 5.91 Å². The summed E-state index contributed by atoms with van der Waals surface area (Å²) >= 11 is 4.80. The Morgan fingerprint density at radius 3 is 2.89 bits per heavy atom. The monoisotopic (exact) mass is 332 g/mol. The summed E-state index contributed by atoms with van der Waals surface area (Å²) in [5.74, 6) is 0.0223. The van der Waals surface area contributed by atoms with Crippen molar-refractivity contribution in [3.63, 3.8) is 0 Å². The van der Waals surface area contributed by atoms with Gasteiger partial charge in [-0.1, -0.05) is 0 Å². The molecule has 0 radical (unpaired) electrons. The standard InChI is InChI=1S/C12H17BrN2O2S/c1-14(2)6-8-5-9(16)7-15(8)12(17)10-3-4-11(13)18-10/h3-4,8-9,16H,5-7H2,1-2H3. The molecule has 2 heterocycles. The van der Waals surface area contributed by atoms with Crippen molar-refractivity contribution in [2.75, 3.05) is 27.2 Å². The molecule has 2 atom stereocenters. The van der Waals surface area contributed by atoms with E-state index in [2.05, 4.69) is 15.9 Å². The van der Waals surface area contributed by atoms with Gasteiger partial charge in [-0.05, 0) is 48.6 Å². The lowest BCUT2D eigenvalue weighted by Gasteiger charge is -2.26. The highest BCUT2D eigenvalue weighted by Crippen LogP contribution is 2.27. The highest BCUT2D eigenvalue weighted by molar-refractivity contribution is 9.11. The van der Waals surface area contributed by atoms with Crippen LogP contribution in [-0.2, 0) is 0 Å². The predicted octanol–water partition coefficient (Wildman–Crippen LogP) is 1.65. The molecular formula is C12H17BrN2O2S. The van der Waals surface area contributed by atoms with Crippen molar-refractivity contribution in [2.45, 2.75) is 18.6 Å². The third-order valence-corrected chi connectivity index (χ3v) is 4.62. The van der Waals surface area contributed by atoms with Crippen LogP contribution in [0.2, 0.25) is 0 Å². The largest absolute Gasteiger partial charge is 0.391 e. The van der Waals surface area contributed by atoms with Gasteiger partial charge < -0.3 is 14.9 Å². The van der Waals surface area contributed by atoms with Crippen molar-refractivity contribution < 1.29 is 9.90 Å². The first kappa shape index (κ1) is 14.0. The van der Waals surface area contributed by atoms with E-state index in [0.29, 0.717) is 13.0 Å². The lowest BCUT2D eigenvalue weighted by atomic mass is 10.2. The number of thiophene rings is 1. The summed E-state index contributed by atoms with van der Waals surface area (Å²) in [6.45, 7) is 1.22. The average Bonchev–Trinajstić information content (AvgIpc) is 2.83. The van der Waals surface area contributed by atoms with Crippen LogP contribution in [0.5, 0.6) is 0 Å². The molecule has 18 heavy (non-hydrogen) atoms. The number of likely N-dealkylation sites (N-methyl/N-ethyl adjacent to an activating group) is 1. The Labute approximate surface area is 119 Å². The van der Waals surface area contributed by atoms with Crippen molar-refractivity contribution in [3.05, 3.63) is 20.8 Å². The Morgan fingerprint density at radius 2 is 2.33 bits per heavy atom. The number of amides is 1. The van der Waals surface area contributed by atoms with E-state index in [1.54, 1.807) is 4.90 Å². The van der Waals surface area contributed by atoms with Crippen LogP contribution in [0, 0.1) is 0 Å². The molecule has 100 valence electrons. The molecule has 0 bridgehead atoms. The van der Waals surface area contributed by atoms with Gasteiger partial charge in [0.05, 0.1) is 14.8 Å². The SMILES string of the molecule is CN(C)CC1CC(O)CN1C(=O)c1ccc(Br)s1. The molecule has 1 fully saturated rings. The van der Waals surface area contributed by atoms with Gasteiger partial charge in [0, 0.05) is 19.1 Å². The Morgan fingerprint density at radius 1 is 1.61 bits per heavy atom. The average molecular weight is 333 g/mol. The van der Waals surface area contributed by atoms with Gasteiger partial charge >= 0.3 is 0 Å². The zero-order valence-corrected chi connectivity index (χ0v) is 12.9. The van der Waals surface area contributed by atoms with Gasteiger partial charge in [-0.25, -0.2) is 0 Å². The first-order valence-corrected chi connectivity index (χ1v) is 7.47. The molecule has 1 aliphatic heterocycles. The molecule has 0 aromatic carbocycles. The van der Waals surface area contributed by atoms with Crippen molar-refractivity contribution in [1.29, 1.82) is 0 Å². The number of β-amino-alcohol motifs (C(OH)–C–C–N with tert-alkyl or cyclic N) is 1. The maximum absolute atomic E-state index is 12.4. The van der Waals surface area contributed by atoms with E-state index in [1.807, 2.05) is 31.1 Å². The quantitative estimate of drug-likeness (QED) is 0.915. The highest BCUT2D eigenvalue weighted by atomic mass is 79.9. The number of hydrogen-bond acceptors (Lipinski definition) is 4. The molecular weight excluding hydrogens is 316 g/mol. The molecule has 0 spiro atoms. The summed E-state index contributed by atoms with van der Waals surface area (Å²) in [6, 6.07) is 3.81. The summed E-state index contributed by atoms with van der Waals surface area (Å²) in [6.07, 6.45) is 0.263. The third-order valence-electron chi connectivity index (χ3n) is 3.01. The zero-order chi connectivity index (χ0) is 13.3. The lowest BCUT2D eigenvalue weighted by Crippen LogP contribution is -2.41. The van der Waals surface area contributed by atoms with Crippen LogP contribution in [0.25, 0.3) is 0 Å². The fourth-order valence-electron chi connectivity index (χ4n) is 2.31. The van der Waals surface area contributed by atoms with Crippen LogP contribution in [0.15, 0.2) is 15.9 Å². The van der Waals surface area contributed by atoms with Gasteiger partial charge in [0.2, 0.25) is 0 Å². The Hall–Kier alpha value is -0.430. The van der Waals surface area contributed by atoms with Crippen molar-refractivity contribution in [2.24, 2.45) is 0 Å². The molecule has 4 nitrogen and oxygen atoms in total. The Balaban J connectivity index is 2.12. The molecule has 2 unspecified atom stereocenters. The molecule has 1 amide bonds. The summed E-state index contributed by atoms with van der Waals surface area (Å²) in [5.41, 5.74) is 0. The van der Waals surface area contributed by atoms with Crippen molar-refractivity contribution in [3.8, 4) is 0 Å². The van der Waals surface area contributed by atoms with Crippen LogP contribution in [0.1, 0.15) is 16.1 Å². The number of rotatable bonds is 3. The molecule has 1 N–H and O–H groups in total. The maximum Gasteiger partial charge on any atom is 0.264 e. The molecule has 0 saturated carbocycles. The van der Waals surface area contributed by atoms with E-state index in [1.165, 1.54) is 11.3 Å². The Bertz CT molecular complexity index is 435. The first-order chi connectivity index (χ1) is 8.47. The minimum absolute atomic E-state index is 0.0223. The second-order valence-corrected chi connectivity index (χ2v) is 7.33. The van der Waals surface area contributed by atoms with E-state index < -0.39 is 6.10 Å². The fraction of sp³-hybridized carbons (Fsp3) is 0.583. The molecule has 2 rings (SSSR count). The fourth-order valence-corrected chi connectivity index (χ4v) is 3.65. The number of hydrogen-bond donors (Lipinski definition) is 1. The number of halogens is 1. The van der Waals surface area contributed by atoms with E-state index in [-0.39, 0.29) is 11.9 Å². The van der Waals surface area contributed by atoms with Crippen LogP contribution in [0.3, 0.4) is 0 Å². The molecule has 1 aromatic rings. The van der Waals surface area contributed by atoms with Gasteiger partial charge in [0.15, 0.2) is 0 Å². The minimum atomic E-state index is -0.401.